The average Bonchev–Trinajstić information content (AvgIpc) is 2.76. The first-order valence-electron chi connectivity index (χ1n) is 8.98. The van der Waals surface area contributed by atoms with Gasteiger partial charge in [-0.2, -0.15) is 4.31 Å². The highest BCUT2D eigenvalue weighted by Gasteiger charge is 2.28. The first kappa shape index (κ1) is 24.5. The summed E-state index contributed by atoms with van der Waals surface area (Å²) in [5.74, 6) is 0.166. The molecule has 0 spiro atoms. The van der Waals surface area contributed by atoms with Crippen LogP contribution in [0.2, 0.25) is 5.02 Å². The molecule has 0 radical (unpaired) electrons. The maximum absolute atomic E-state index is 13.4. The predicted molar refractivity (Wildman–Crippen MR) is 117 cm³/mol. The number of carbonyl (C=O) groups excluding carboxylic acids is 1. The minimum atomic E-state index is -4.04. The number of sulfonamides is 1. The highest BCUT2D eigenvalue weighted by Crippen LogP contribution is 2.38. The van der Waals surface area contributed by atoms with E-state index >= 15 is 0 Å². The van der Waals surface area contributed by atoms with E-state index in [1.165, 1.54) is 53.7 Å². The summed E-state index contributed by atoms with van der Waals surface area (Å²) in [7, 11) is 2.87. The molecule has 0 aliphatic heterocycles. The van der Waals surface area contributed by atoms with E-state index in [4.69, 9.17) is 25.8 Å². The van der Waals surface area contributed by atoms with Crippen LogP contribution in [0.15, 0.2) is 41.3 Å². The average molecular weight is 470 g/mol. The molecule has 168 valence electrons. The molecule has 0 unspecified atom stereocenters. The number of methoxy groups -OCH3 is 4. The maximum Gasteiger partial charge on any atom is 0.330 e. The lowest BCUT2D eigenvalue weighted by Crippen LogP contribution is -2.27. The van der Waals surface area contributed by atoms with Gasteiger partial charge in [0.15, 0.2) is 11.5 Å². The van der Waals surface area contributed by atoms with Crippen LogP contribution in [0.25, 0.3) is 6.08 Å². The molecule has 0 aliphatic rings. The maximum atomic E-state index is 13.4. The number of hydrogen-bond donors (Lipinski definition) is 0. The summed E-state index contributed by atoms with van der Waals surface area (Å²) in [6, 6.07) is 7.90. The minimum Gasteiger partial charge on any atom is -0.496 e. The van der Waals surface area contributed by atoms with Crippen molar-refractivity contribution in [2.24, 2.45) is 0 Å². The van der Waals surface area contributed by atoms with Gasteiger partial charge in [0.05, 0.1) is 28.4 Å². The molecule has 0 bridgehead atoms. The second-order valence-electron chi connectivity index (χ2n) is 6.33. The molecule has 0 heterocycles. The monoisotopic (exact) mass is 469 g/mol. The van der Waals surface area contributed by atoms with Crippen molar-refractivity contribution in [2.75, 3.05) is 35.5 Å². The van der Waals surface area contributed by atoms with E-state index in [1.54, 1.807) is 24.3 Å². The fourth-order valence-electron chi connectivity index (χ4n) is 2.83. The molecule has 0 aliphatic carbocycles. The summed E-state index contributed by atoms with van der Waals surface area (Å²) in [6.45, 7) is -0.000234. The first-order valence-corrected chi connectivity index (χ1v) is 10.8. The van der Waals surface area contributed by atoms with Crippen LogP contribution >= 0.6 is 11.6 Å². The van der Waals surface area contributed by atoms with Crippen molar-refractivity contribution in [3.63, 3.8) is 0 Å². The van der Waals surface area contributed by atoms with Crippen LogP contribution in [0.5, 0.6) is 17.2 Å². The van der Waals surface area contributed by atoms with Crippen molar-refractivity contribution in [1.29, 1.82) is 0 Å². The van der Waals surface area contributed by atoms with Crippen LogP contribution in [0.1, 0.15) is 11.1 Å². The predicted octanol–water partition coefficient (Wildman–Crippen LogP) is 3.37. The highest BCUT2D eigenvalue weighted by molar-refractivity contribution is 7.89. The zero-order valence-corrected chi connectivity index (χ0v) is 19.4. The van der Waals surface area contributed by atoms with Crippen molar-refractivity contribution in [3.05, 3.63) is 52.6 Å². The quantitative estimate of drug-likeness (QED) is 0.410. The van der Waals surface area contributed by atoms with E-state index in [9.17, 15) is 13.2 Å². The summed E-state index contributed by atoms with van der Waals surface area (Å²) in [6.07, 6.45) is 2.60. The van der Waals surface area contributed by atoms with E-state index in [1.807, 2.05) is 0 Å². The normalized spacial score (nSPS) is 11.6. The van der Waals surface area contributed by atoms with Gasteiger partial charge in [-0.3, -0.25) is 0 Å². The van der Waals surface area contributed by atoms with Gasteiger partial charge in [0.2, 0.25) is 10.0 Å². The van der Waals surface area contributed by atoms with E-state index < -0.39 is 16.0 Å². The van der Waals surface area contributed by atoms with Gasteiger partial charge in [-0.25, -0.2) is 13.2 Å². The fourth-order valence-corrected chi connectivity index (χ4v) is 4.38. The van der Waals surface area contributed by atoms with Gasteiger partial charge < -0.3 is 18.9 Å². The van der Waals surface area contributed by atoms with Crippen LogP contribution in [0.4, 0.5) is 0 Å². The Morgan fingerprint density at radius 2 is 1.71 bits per heavy atom. The van der Waals surface area contributed by atoms with Crippen LogP contribution in [0.3, 0.4) is 0 Å². The summed E-state index contributed by atoms with van der Waals surface area (Å²) in [5, 5.41) is 0.454. The number of nitrogens with zero attached hydrogens (tertiary/aromatic N) is 1. The van der Waals surface area contributed by atoms with Crippen molar-refractivity contribution in [2.45, 2.75) is 11.4 Å². The van der Waals surface area contributed by atoms with Gasteiger partial charge in [-0.1, -0.05) is 11.6 Å². The Bertz CT molecular complexity index is 1080. The van der Waals surface area contributed by atoms with Gasteiger partial charge in [0, 0.05) is 30.3 Å². The molecule has 2 aromatic rings. The van der Waals surface area contributed by atoms with Crippen molar-refractivity contribution >= 4 is 33.7 Å². The Kier molecular flexibility index (Phi) is 8.32. The Balaban J connectivity index is 2.54. The first-order chi connectivity index (χ1) is 14.7. The van der Waals surface area contributed by atoms with Crippen molar-refractivity contribution < 1.29 is 32.2 Å². The molecule has 2 aromatic carbocycles. The molecule has 0 atom stereocenters. The molecule has 2 rings (SSSR count). The number of esters is 1. The lowest BCUT2D eigenvalue weighted by molar-refractivity contribution is -0.134. The molecule has 10 heteroatoms. The summed E-state index contributed by atoms with van der Waals surface area (Å²) >= 11 is 6.06. The van der Waals surface area contributed by atoms with Crippen LogP contribution in [-0.2, 0) is 26.1 Å². The molecule has 0 saturated heterocycles. The minimum absolute atomic E-state index is 0.000234. The number of ether oxygens (including phenoxy) is 4. The van der Waals surface area contributed by atoms with Gasteiger partial charge in [0.25, 0.3) is 0 Å². The van der Waals surface area contributed by atoms with Gasteiger partial charge in [-0.15, -0.1) is 0 Å². The van der Waals surface area contributed by atoms with E-state index in [0.29, 0.717) is 21.9 Å². The molecular weight excluding hydrogens is 446 g/mol. The number of halogens is 1. The van der Waals surface area contributed by atoms with Gasteiger partial charge >= 0.3 is 5.97 Å². The molecule has 8 nitrogen and oxygen atoms in total. The van der Waals surface area contributed by atoms with Gasteiger partial charge in [-0.05, 0) is 42.0 Å². The number of carbonyl (C=O) groups is 1. The SMILES string of the molecule is COC(=O)/C=C/c1cc(OC)c(OC)c(S(=O)(=O)N(C)Cc2cc(Cl)ccc2OC)c1. The molecule has 0 fully saturated rings. The van der Waals surface area contributed by atoms with E-state index in [-0.39, 0.29) is 22.9 Å². The largest absolute Gasteiger partial charge is 0.496 e. The Morgan fingerprint density at radius 3 is 2.29 bits per heavy atom. The zero-order chi connectivity index (χ0) is 23.2. The third-order valence-corrected chi connectivity index (χ3v) is 6.45. The van der Waals surface area contributed by atoms with Crippen molar-refractivity contribution in [3.8, 4) is 17.2 Å². The molecule has 0 amide bonds. The van der Waals surface area contributed by atoms with Gasteiger partial charge in [0.1, 0.15) is 10.6 Å². The zero-order valence-electron chi connectivity index (χ0n) is 17.8. The van der Waals surface area contributed by atoms with E-state index in [2.05, 4.69) is 4.74 Å². The molecule has 0 N–H and O–H groups in total. The third-order valence-electron chi connectivity index (χ3n) is 4.40. The van der Waals surface area contributed by atoms with Crippen LogP contribution in [-0.4, -0.2) is 54.2 Å². The van der Waals surface area contributed by atoms with Crippen molar-refractivity contribution in [1.82, 2.24) is 4.31 Å². The van der Waals surface area contributed by atoms with Crippen LogP contribution < -0.4 is 14.2 Å². The fraction of sp³-hybridized carbons (Fsp3) is 0.286. The molecule has 0 saturated carbocycles. The summed E-state index contributed by atoms with van der Waals surface area (Å²) in [4.78, 5) is 11.3. The third kappa shape index (κ3) is 5.69. The molecular formula is C21H24ClNO7S. The lowest BCUT2D eigenvalue weighted by atomic mass is 10.2. The molecule has 31 heavy (non-hydrogen) atoms. The number of rotatable bonds is 9. The van der Waals surface area contributed by atoms with E-state index in [0.717, 1.165) is 4.31 Å². The number of hydrogen-bond acceptors (Lipinski definition) is 7. The Morgan fingerprint density at radius 1 is 1.03 bits per heavy atom. The Labute approximate surface area is 187 Å². The lowest BCUT2D eigenvalue weighted by Gasteiger charge is -2.21. The Hall–Kier alpha value is -2.75. The summed E-state index contributed by atoms with van der Waals surface area (Å²) in [5.41, 5.74) is 1.00. The second-order valence-corrected chi connectivity index (χ2v) is 8.78. The topological polar surface area (TPSA) is 91.4 Å². The summed E-state index contributed by atoms with van der Waals surface area (Å²) < 4.78 is 48.5. The smallest absolute Gasteiger partial charge is 0.330 e. The second kappa shape index (κ2) is 10.5. The van der Waals surface area contributed by atoms with Crippen LogP contribution in [0, 0.1) is 0 Å². The molecule has 0 aromatic heterocycles. The number of benzene rings is 2. The highest BCUT2D eigenvalue weighted by atomic mass is 35.5. The standard InChI is InChI=1S/C21H24ClNO7S/c1-23(13-15-12-16(22)7-8-17(15)27-2)31(25,26)19-11-14(6-9-20(24)29-4)10-18(28-3)21(19)30-5/h6-12H,13H2,1-5H3/b9-6+.